The van der Waals surface area contributed by atoms with Crippen molar-refractivity contribution < 1.29 is 17.9 Å². The van der Waals surface area contributed by atoms with Crippen molar-refractivity contribution >= 4 is 10.0 Å². The highest BCUT2D eigenvalue weighted by Crippen LogP contribution is 2.19. The van der Waals surface area contributed by atoms with E-state index in [4.69, 9.17) is 9.47 Å². The van der Waals surface area contributed by atoms with Crippen LogP contribution in [0, 0.1) is 0 Å². The highest BCUT2D eigenvalue weighted by atomic mass is 32.2. The Morgan fingerprint density at radius 3 is 1.52 bits per heavy atom. The fourth-order valence-corrected chi connectivity index (χ4v) is 3.97. The van der Waals surface area contributed by atoms with Gasteiger partial charge in [-0.05, 0) is 41.8 Å². The van der Waals surface area contributed by atoms with Gasteiger partial charge in [0, 0.05) is 13.1 Å². The largest absolute Gasteiger partial charge is 0.497 e. The highest BCUT2D eigenvalue weighted by Gasteiger charge is 2.21. The maximum absolute atomic E-state index is 12.7. The molecule has 0 radical (unpaired) electrons. The van der Waals surface area contributed by atoms with Crippen molar-refractivity contribution in [2.75, 3.05) is 20.0 Å². The molecule has 0 aliphatic carbocycles. The van der Waals surface area contributed by atoms with Crippen molar-refractivity contribution in [3.05, 3.63) is 59.7 Å². The highest BCUT2D eigenvalue weighted by molar-refractivity contribution is 7.89. The molecule has 2 rings (SSSR count). The van der Waals surface area contributed by atoms with E-state index in [0.717, 1.165) is 22.6 Å². The molecule has 0 amide bonds. The van der Waals surface area contributed by atoms with Gasteiger partial charge in [0.25, 0.3) is 0 Å². The van der Waals surface area contributed by atoms with Crippen LogP contribution in [0.5, 0.6) is 11.5 Å². The van der Waals surface area contributed by atoms with Gasteiger partial charge in [-0.3, -0.25) is 0 Å². The van der Waals surface area contributed by atoms with Crippen LogP contribution in [-0.2, 0) is 23.1 Å². The van der Waals surface area contributed by atoms with Gasteiger partial charge in [-0.25, -0.2) is 8.42 Å². The van der Waals surface area contributed by atoms with Gasteiger partial charge < -0.3 is 9.47 Å². The van der Waals surface area contributed by atoms with Crippen LogP contribution >= 0.6 is 0 Å². The summed E-state index contributed by atoms with van der Waals surface area (Å²) in [7, 11) is -0.114. The van der Waals surface area contributed by atoms with E-state index in [9.17, 15) is 8.42 Å². The molecular weight excluding hydrogens is 338 g/mol. The molecule has 0 heterocycles. The molecule has 6 heteroatoms. The molecular formula is C19H25NO4S. The molecule has 0 aromatic heterocycles. The van der Waals surface area contributed by atoms with E-state index in [-0.39, 0.29) is 5.75 Å². The molecule has 0 unspecified atom stereocenters. The van der Waals surface area contributed by atoms with Gasteiger partial charge in [0.2, 0.25) is 10.0 Å². The van der Waals surface area contributed by atoms with Crippen LogP contribution in [0.4, 0.5) is 0 Å². The molecule has 0 N–H and O–H groups in total. The summed E-state index contributed by atoms with van der Waals surface area (Å²) in [6.45, 7) is 2.53. The first-order valence-corrected chi connectivity index (χ1v) is 9.83. The first-order valence-electron chi connectivity index (χ1n) is 8.22. The second-order valence-electron chi connectivity index (χ2n) is 5.78. The molecule has 5 nitrogen and oxygen atoms in total. The normalized spacial score (nSPS) is 11.5. The molecule has 0 bridgehead atoms. The summed E-state index contributed by atoms with van der Waals surface area (Å²) in [5.74, 6) is 1.64. The molecule has 136 valence electrons. The number of hydrogen-bond donors (Lipinski definition) is 0. The van der Waals surface area contributed by atoms with Crippen LogP contribution in [0.15, 0.2) is 48.5 Å². The van der Waals surface area contributed by atoms with Crippen molar-refractivity contribution in [3.8, 4) is 11.5 Å². The zero-order valence-corrected chi connectivity index (χ0v) is 15.8. The second kappa shape index (κ2) is 8.87. The summed E-state index contributed by atoms with van der Waals surface area (Å²) in [4.78, 5) is 0. The average Bonchev–Trinajstić information content (AvgIpc) is 2.62. The Morgan fingerprint density at radius 2 is 1.20 bits per heavy atom. The lowest BCUT2D eigenvalue weighted by atomic mass is 10.2. The van der Waals surface area contributed by atoms with E-state index in [2.05, 4.69) is 0 Å². The summed E-state index contributed by atoms with van der Waals surface area (Å²) in [5.41, 5.74) is 1.85. The molecule has 0 atom stereocenters. The Labute approximate surface area is 150 Å². The number of nitrogens with zero attached hydrogens (tertiary/aromatic N) is 1. The van der Waals surface area contributed by atoms with Crippen molar-refractivity contribution in [3.63, 3.8) is 0 Å². The monoisotopic (exact) mass is 363 g/mol. The van der Waals surface area contributed by atoms with Crippen molar-refractivity contribution in [2.24, 2.45) is 0 Å². The Bertz CT molecular complexity index is 706. The molecule has 0 spiro atoms. The summed E-state index contributed by atoms with van der Waals surface area (Å²) >= 11 is 0. The van der Waals surface area contributed by atoms with E-state index in [1.54, 1.807) is 14.2 Å². The average molecular weight is 363 g/mol. The fourth-order valence-electron chi connectivity index (χ4n) is 2.51. The third-order valence-corrected chi connectivity index (χ3v) is 5.86. The lowest BCUT2D eigenvalue weighted by Gasteiger charge is -2.22. The summed E-state index contributed by atoms with van der Waals surface area (Å²) in [6.07, 6.45) is 0.587. The van der Waals surface area contributed by atoms with E-state index in [0.29, 0.717) is 19.5 Å². The molecule has 0 saturated carbocycles. The van der Waals surface area contributed by atoms with Crippen LogP contribution in [0.25, 0.3) is 0 Å². The number of methoxy groups -OCH3 is 2. The smallest absolute Gasteiger partial charge is 0.214 e. The number of sulfonamides is 1. The molecule has 0 fully saturated rings. The van der Waals surface area contributed by atoms with Gasteiger partial charge in [-0.15, -0.1) is 0 Å². The van der Waals surface area contributed by atoms with Crippen molar-refractivity contribution in [1.82, 2.24) is 4.31 Å². The molecule has 0 aliphatic rings. The summed E-state index contributed by atoms with van der Waals surface area (Å²) < 4.78 is 37.2. The van der Waals surface area contributed by atoms with Gasteiger partial charge in [-0.1, -0.05) is 31.2 Å². The van der Waals surface area contributed by atoms with Crippen LogP contribution in [0.3, 0.4) is 0 Å². The number of benzene rings is 2. The van der Waals surface area contributed by atoms with E-state index in [1.165, 1.54) is 4.31 Å². The van der Waals surface area contributed by atoms with Crippen LogP contribution in [0.2, 0.25) is 0 Å². The third kappa shape index (κ3) is 5.47. The lowest BCUT2D eigenvalue weighted by molar-refractivity contribution is 0.397. The van der Waals surface area contributed by atoms with Gasteiger partial charge in [0.05, 0.1) is 20.0 Å². The van der Waals surface area contributed by atoms with E-state index in [1.807, 2.05) is 55.5 Å². The second-order valence-corrected chi connectivity index (χ2v) is 7.87. The Hall–Kier alpha value is -2.05. The number of ether oxygens (including phenoxy) is 2. The Morgan fingerprint density at radius 1 is 0.800 bits per heavy atom. The van der Waals surface area contributed by atoms with Gasteiger partial charge in [0.1, 0.15) is 11.5 Å². The fraction of sp³-hybridized carbons (Fsp3) is 0.368. The van der Waals surface area contributed by atoms with Crippen LogP contribution in [0.1, 0.15) is 24.5 Å². The predicted octanol–water partition coefficient (Wildman–Crippen LogP) is 3.45. The standard InChI is InChI=1S/C19H25NO4S/c1-4-13-25(21,22)20(14-16-5-9-18(23-2)10-6-16)15-17-7-11-19(24-3)12-8-17/h5-12H,4,13-15H2,1-3H3. The number of hydrogen-bond acceptors (Lipinski definition) is 4. The topological polar surface area (TPSA) is 55.8 Å². The van der Waals surface area contributed by atoms with Gasteiger partial charge in [0.15, 0.2) is 0 Å². The third-order valence-electron chi connectivity index (χ3n) is 3.89. The van der Waals surface area contributed by atoms with E-state index < -0.39 is 10.0 Å². The van der Waals surface area contributed by atoms with Crippen molar-refractivity contribution in [2.45, 2.75) is 26.4 Å². The minimum Gasteiger partial charge on any atom is -0.497 e. The molecule has 0 aliphatic heterocycles. The summed E-state index contributed by atoms with van der Waals surface area (Å²) in [5, 5.41) is 0. The molecule has 2 aromatic rings. The number of rotatable bonds is 9. The SMILES string of the molecule is CCCS(=O)(=O)N(Cc1ccc(OC)cc1)Cc1ccc(OC)cc1. The Kier molecular flexibility index (Phi) is 6.84. The van der Waals surface area contributed by atoms with E-state index >= 15 is 0 Å². The lowest BCUT2D eigenvalue weighted by Crippen LogP contribution is -2.32. The van der Waals surface area contributed by atoms with Gasteiger partial charge in [-0.2, -0.15) is 4.31 Å². The maximum atomic E-state index is 12.7. The molecule has 0 saturated heterocycles. The zero-order valence-electron chi connectivity index (χ0n) is 14.9. The van der Waals surface area contributed by atoms with Crippen LogP contribution in [-0.4, -0.2) is 32.7 Å². The molecule has 2 aromatic carbocycles. The quantitative estimate of drug-likeness (QED) is 0.685. The first-order chi connectivity index (χ1) is 12.0. The first kappa shape index (κ1) is 19.3. The minimum atomic E-state index is -3.33. The minimum absolute atomic E-state index is 0.138. The Balaban J connectivity index is 2.22. The molecule has 25 heavy (non-hydrogen) atoms. The van der Waals surface area contributed by atoms with Crippen molar-refractivity contribution in [1.29, 1.82) is 0 Å². The summed E-state index contributed by atoms with van der Waals surface area (Å²) in [6, 6.07) is 14.9. The maximum Gasteiger partial charge on any atom is 0.214 e. The van der Waals surface area contributed by atoms with Gasteiger partial charge >= 0.3 is 0 Å². The zero-order chi connectivity index (χ0) is 18.3. The predicted molar refractivity (Wildman–Crippen MR) is 99.3 cm³/mol. The van der Waals surface area contributed by atoms with Crippen LogP contribution < -0.4 is 9.47 Å².